The second kappa shape index (κ2) is 4.80. The van der Waals surface area contributed by atoms with E-state index in [2.05, 4.69) is 24.3 Å². The Labute approximate surface area is 120 Å². The van der Waals surface area contributed by atoms with Crippen molar-refractivity contribution in [3.8, 4) is 0 Å². The number of carbonyl (C=O) groups is 1. The molecule has 1 saturated heterocycles. The fourth-order valence-electron chi connectivity index (χ4n) is 3.22. The van der Waals surface area contributed by atoms with E-state index in [-0.39, 0.29) is 6.09 Å². The van der Waals surface area contributed by atoms with E-state index in [9.17, 15) is 4.79 Å². The molecule has 3 atom stereocenters. The molecule has 0 bridgehead atoms. The molecule has 3 rings (SSSR count). The second-order valence-corrected chi connectivity index (χ2v) is 7.05. The molecule has 1 aliphatic heterocycles. The summed E-state index contributed by atoms with van der Waals surface area (Å²) < 4.78 is 5.55. The Kier molecular flexibility index (Phi) is 3.23. The number of nitrogens with zero attached hydrogens (tertiary/aromatic N) is 1. The van der Waals surface area contributed by atoms with Gasteiger partial charge in [-0.25, -0.2) is 4.79 Å². The smallest absolute Gasteiger partial charge is 0.410 e. The summed E-state index contributed by atoms with van der Waals surface area (Å²) in [6.07, 6.45) is 2.07. The molecule has 1 heterocycles. The van der Waals surface area contributed by atoms with Crippen LogP contribution in [0.15, 0.2) is 30.3 Å². The first-order valence-electron chi connectivity index (χ1n) is 7.47. The van der Waals surface area contributed by atoms with E-state index in [1.165, 1.54) is 12.0 Å². The Morgan fingerprint density at radius 3 is 2.65 bits per heavy atom. The molecule has 3 nitrogen and oxygen atoms in total. The maximum atomic E-state index is 12.3. The van der Waals surface area contributed by atoms with Crippen LogP contribution in [0, 0.1) is 11.8 Å². The minimum Gasteiger partial charge on any atom is -0.444 e. The average molecular weight is 273 g/mol. The lowest BCUT2D eigenvalue weighted by molar-refractivity contribution is 0.0193. The summed E-state index contributed by atoms with van der Waals surface area (Å²) in [5.74, 6) is 1.39. The summed E-state index contributed by atoms with van der Waals surface area (Å²) in [5.41, 5.74) is 0.889. The normalized spacial score (nSPS) is 28.1. The number of ether oxygens (including phenoxy) is 1. The van der Waals surface area contributed by atoms with E-state index >= 15 is 0 Å². The standard InChI is InChI=1S/C17H23NO2/c1-17(2,3)20-16(19)18-11-13-10-14(13)15(18)9-12-7-5-4-6-8-12/h4-8,13-15H,9-11H2,1-3H3/t13-,14-,15+/m0/s1. The molecule has 0 spiro atoms. The van der Waals surface area contributed by atoms with E-state index < -0.39 is 5.60 Å². The van der Waals surface area contributed by atoms with E-state index in [1.807, 2.05) is 31.7 Å². The first-order chi connectivity index (χ1) is 9.44. The SMILES string of the molecule is CC(C)(C)OC(=O)N1C[C@@H]2C[C@@H]2[C@H]1Cc1ccccc1. The van der Waals surface area contributed by atoms with Crippen molar-refractivity contribution in [3.05, 3.63) is 35.9 Å². The molecule has 1 amide bonds. The van der Waals surface area contributed by atoms with Crippen LogP contribution in [0.25, 0.3) is 0 Å². The average Bonchev–Trinajstić information content (AvgIpc) is 3.05. The van der Waals surface area contributed by atoms with Crippen LogP contribution >= 0.6 is 0 Å². The van der Waals surface area contributed by atoms with Gasteiger partial charge in [-0.05, 0) is 51.0 Å². The number of benzene rings is 1. The maximum Gasteiger partial charge on any atom is 0.410 e. The Hall–Kier alpha value is -1.51. The molecule has 1 aromatic rings. The van der Waals surface area contributed by atoms with Crippen LogP contribution in [0.4, 0.5) is 4.79 Å². The largest absolute Gasteiger partial charge is 0.444 e. The van der Waals surface area contributed by atoms with Crippen molar-refractivity contribution in [2.24, 2.45) is 11.8 Å². The number of fused-ring (bicyclic) bond motifs is 1. The molecular weight excluding hydrogens is 250 g/mol. The van der Waals surface area contributed by atoms with Crippen molar-refractivity contribution >= 4 is 6.09 Å². The molecule has 1 aliphatic carbocycles. The van der Waals surface area contributed by atoms with Crippen LogP contribution in [0.5, 0.6) is 0 Å². The lowest BCUT2D eigenvalue weighted by Crippen LogP contribution is -2.42. The Morgan fingerprint density at radius 2 is 2.00 bits per heavy atom. The minimum atomic E-state index is -0.416. The summed E-state index contributed by atoms with van der Waals surface area (Å²) in [5, 5.41) is 0. The van der Waals surface area contributed by atoms with Gasteiger partial charge < -0.3 is 9.64 Å². The number of amides is 1. The molecule has 3 heteroatoms. The topological polar surface area (TPSA) is 29.5 Å². The molecule has 0 N–H and O–H groups in total. The van der Waals surface area contributed by atoms with Gasteiger partial charge in [0.25, 0.3) is 0 Å². The van der Waals surface area contributed by atoms with Crippen LogP contribution in [0.3, 0.4) is 0 Å². The quantitative estimate of drug-likeness (QED) is 0.825. The zero-order valence-corrected chi connectivity index (χ0v) is 12.5. The molecule has 108 valence electrons. The van der Waals surface area contributed by atoms with Gasteiger partial charge in [-0.2, -0.15) is 0 Å². The van der Waals surface area contributed by atoms with Crippen molar-refractivity contribution < 1.29 is 9.53 Å². The van der Waals surface area contributed by atoms with E-state index in [4.69, 9.17) is 4.74 Å². The lowest BCUT2D eigenvalue weighted by Gasteiger charge is -2.30. The van der Waals surface area contributed by atoms with Crippen molar-refractivity contribution in [1.29, 1.82) is 0 Å². The van der Waals surface area contributed by atoms with Gasteiger partial charge >= 0.3 is 6.09 Å². The van der Waals surface area contributed by atoms with Crippen molar-refractivity contribution in [3.63, 3.8) is 0 Å². The molecule has 2 fully saturated rings. The predicted molar refractivity (Wildman–Crippen MR) is 78.5 cm³/mol. The van der Waals surface area contributed by atoms with E-state index in [0.29, 0.717) is 17.9 Å². The zero-order chi connectivity index (χ0) is 14.3. The van der Waals surface area contributed by atoms with Crippen LogP contribution in [-0.2, 0) is 11.2 Å². The van der Waals surface area contributed by atoms with Gasteiger partial charge in [-0.1, -0.05) is 30.3 Å². The minimum absolute atomic E-state index is 0.148. The summed E-state index contributed by atoms with van der Waals surface area (Å²) in [4.78, 5) is 14.3. The summed E-state index contributed by atoms with van der Waals surface area (Å²) in [7, 11) is 0. The van der Waals surface area contributed by atoms with Crippen molar-refractivity contribution in [2.75, 3.05) is 6.54 Å². The van der Waals surface area contributed by atoms with Gasteiger partial charge in [0.05, 0.1) is 0 Å². The fraction of sp³-hybridized carbons (Fsp3) is 0.588. The van der Waals surface area contributed by atoms with Gasteiger partial charge in [0, 0.05) is 12.6 Å². The summed E-state index contributed by atoms with van der Waals surface area (Å²) in [6.45, 7) is 6.65. The second-order valence-electron chi connectivity index (χ2n) is 7.05. The van der Waals surface area contributed by atoms with Crippen LogP contribution < -0.4 is 0 Å². The highest BCUT2D eigenvalue weighted by Gasteiger charge is 2.54. The third kappa shape index (κ3) is 2.82. The molecule has 1 saturated carbocycles. The third-order valence-corrected chi connectivity index (χ3v) is 4.22. The first kappa shape index (κ1) is 13.5. The molecular formula is C17H23NO2. The van der Waals surface area contributed by atoms with E-state index in [0.717, 1.165) is 13.0 Å². The van der Waals surface area contributed by atoms with Crippen LogP contribution in [-0.4, -0.2) is 29.2 Å². The highest BCUT2D eigenvalue weighted by atomic mass is 16.6. The van der Waals surface area contributed by atoms with Gasteiger partial charge in [0.2, 0.25) is 0 Å². The highest BCUT2D eigenvalue weighted by molar-refractivity contribution is 5.69. The Bertz CT molecular complexity index is 491. The molecule has 1 aromatic carbocycles. The van der Waals surface area contributed by atoms with Crippen LogP contribution in [0.1, 0.15) is 32.8 Å². The highest BCUT2D eigenvalue weighted by Crippen LogP contribution is 2.50. The fourth-order valence-corrected chi connectivity index (χ4v) is 3.22. The van der Waals surface area contributed by atoms with E-state index in [1.54, 1.807) is 0 Å². The van der Waals surface area contributed by atoms with Gasteiger partial charge in [0.15, 0.2) is 0 Å². The number of hydrogen-bond acceptors (Lipinski definition) is 2. The van der Waals surface area contributed by atoms with Gasteiger partial charge in [0.1, 0.15) is 5.60 Å². The van der Waals surface area contributed by atoms with Gasteiger partial charge in [-0.15, -0.1) is 0 Å². The number of rotatable bonds is 2. The predicted octanol–water partition coefficient (Wildman–Crippen LogP) is 3.48. The number of likely N-dealkylation sites (tertiary alicyclic amines) is 1. The zero-order valence-electron chi connectivity index (χ0n) is 12.5. The Morgan fingerprint density at radius 1 is 1.30 bits per heavy atom. The van der Waals surface area contributed by atoms with Gasteiger partial charge in [-0.3, -0.25) is 0 Å². The summed E-state index contributed by atoms with van der Waals surface area (Å²) >= 11 is 0. The molecule has 0 radical (unpaired) electrons. The Balaban J connectivity index is 1.70. The van der Waals surface area contributed by atoms with Crippen molar-refractivity contribution in [1.82, 2.24) is 4.90 Å². The number of hydrogen-bond donors (Lipinski definition) is 0. The maximum absolute atomic E-state index is 12.3. The lowest BCUT2D eigenvalue weighted by atomic mass is 10.0. The summed E-state index contributed by atoms with van der Waals surface area (Å²) in [6, 6.07) is 10.8. The van der Waals surface area contributed by atoms with Crippen LogP contribution in [0.2, 0.25) is 0 Å². The molecule has 20 heavy (non-hydrogen) atoms. The molecule has 2 aliphatic rings. The third-order valence-electron chi connectivity index (χ3n) is 4.22. The number of piperidine rings is 1. The first-order valence-corrected chi connectivity index (χ1v) is 7.47. The molecule has 0 aromatic heterocycles. The molecule has 0 unspecified atom stereocenters. The monoisotopic (exact) mass is 273 g/mol. The van der Waals surface area contributed by atoms with Crippen molar-refractivity contribution in [2.45, 2.75) is 45.3 Å². The number of carbonyl (C=O) groups excluding carboxylic acids is 1.